The Morgan fingerprint density at radius 3 is 2.86 bits per heavy atom. The summed E-state index contributed by atoms with van der Waals surface area (Å²) >= 11 is 0. The van der Waals surface area contributed by atoms with Crippen LogP contribution in [-0.2, 0) is 20.0 Å². The lowest BCUT2D eigenvalue weighted by atomic mass is 9.99. The molecule has 0 saturated carbocycles. The zero-order valence-electron chi connectivity index (χ0n) is 12.5. The number of benzene rings is 1. The van der Waals surface area contributed by atoms with Crippen molar-refractivity contribution in [1.29, 1.82) is 0 Å². The van der Waals surface area contributed by atoms with Gasteiger partial charge in [0.2, 0.25) is 0 Å². The Morgan fingerprint density at radius 1 is 1.33 bits per heavy atom. The van der Waals surface area contributed by atoms with E-state index in [-0.39, 0.29) is 0 Å². The fourth-order valence-electron chi connectivity index (χ4n) is 2.85. The molecule has 3 rings (SSSR count). The minimum atomic E-state index is 0.756. The second kappa shape index (κ2) is 5.60. The van der Waals surface area contributed by atoms with E-state index in [1.165, 1.54) is 5.69 Å². The van der Waals surface area contributed by atoms with Gasteiger partial charge in [-0.3, -0.25) is 4.68 Å². The Labute approximate surface area is 124 Å². The molecular weight excluding hydrogens is 264 g/mol. The Balaban J connectivity index is 1.91. The molecule has 0 fully saturated rings. The number of nitrogens with zero attached hydrogens (tertiary/aromatic N) is 4. The first-order valence-electron chi connectivity index (χ1n) is 7.30. The second-order valence-corrected chi connectivity index (χ2v) is 5.34. The molecule has 0 saturated heterocycles. The van der Waals surface area contributed by atoms with Gasteiger partial charge in [0, 0.05) is 31.3 Å². The molecule has 21 heavy (non-hydrogen) atoms. The number of hydrogen-bond acceptors (Lipinski definition) is 4. The van der Waals surface area contributed by atoms with Crippen molar-refractivity contribution in [3.63, 3.8) is 0 Å². The van der Waals surface area contributed by atoms with Crippen LogP contribution in [0.2, 0.25) is 0 Å². The monoisotopic (exact) mass is 284 g/mol. The highest BCUT2D eigenvalue weighted by molar-refractivity contribution is 6.06. The standard InChI is InChI=1S/C16H20N4O/c1-3-12-10-13(19(2)17-12)11-20-9-8-15(18-21)14-6-4-5-7-16(14)20/h4-7,10,21H,3,8-9,11H2,1-2H3. The second-order valence-electron chi connectivity index (χ2n) is 5.34. The third-order valence-electron chi connectivity index (χ3n) is 4.04. The van der Waals surface area contributed by atoms with Crippen LogP contribution in [0.15, 0.2) is 35.5 Å². The average molecular weight is 284 g/mol. The molecule has 1 aromatic carbocycles. The molecular formula is C16H20N4O. The molecule has 0 bridgehead atoms. The van der Waals surface area contributed by atoms with Gasteiger partial charge in [-0.1, -0.05) is 30.3 Å². The molecule has 1 N–H and O–H groups in total. The number of para-hydroxylation sites is 1. The number of oxime groups is 1. The lowest BCUT2D eigenvalue weighted by Crippen LogP contribution is -2.32. The third kappa shape index (κ3) is 2.51. The third-order valence-corrected chi connectivity index (χ3v) is 4.04. The lowest BCUT2D eigenvalue weighted by molar-refractivity contribution is 0.317. The van der Waals surface area contributed by atoms with Crippen LogP contribution in [0.25, 0.3) is 0 Å². The average Bonchev–Trinajstić information content (AvgIpc) is 2.88. The van der Waals surface area contributed by atoms with Gasteiger partial charge < -0.3 is 10.1 Å². The molecule has 0 aliphatic carbocycles. The summed E-state index contributed by atoms with van der Waals surface area (Å²) in [5, 5.41) is 17.1. The highest BCUT2D eigenvalue weighted by Crippen LogP contribution is 2.28. The molecule has 1 aliphatic heterocycles. The fourth-order valence-corrected chi connectivity index (χ4v) is 2.85. The van der Waals surface area contributed by atoms with Crippen LogP contribution in [0.4, 0.5) is 5.69 Å². The summed E-state index contributed by atoms with van der Waals surface area (Å²) in [6, 6.07) is 10.3. The van der Waals surface area contributed by atoms with Crippen molar-refractivity contribution in [3.05, 3.63) is 47.3 Å². The van der Waals surface area contributed by atoms with Crippen LogP contribution < -0.4 is 4.90 Å². The number of aromatic nitrogens is 2. The highest BCUT2D eigenvalue weighted by atomic mass is 16.4. The lowest BCUT2D eigenvalue weighted by Gasteiger charge is -2.31. The van der Waals surface area contributed by atoms with E-state index in [0.717, 1.165) is 48.6 Å². The predicted molar refractivity (Wildman–Crippen MR) is 83.0 cm³/mol. The van der Waals surface area contributed by atoms with Crippen LogP contribution in [0.5, 0.6) is 0 Å². The molecule has 110 valence electrons. The topological polar surface area (TPSA) is 53.6 Å². The minimum Gasteiger partial charge on any atom is -0.411 e. The molecule has 0 atom stereocenters. The van der Waals surface area contributed by atoms with Crippen LogP contribution in [0.1, 0.15) is 30.3 Å². The summed E-state index contributed by atoms with van der Waals surface area (Å²) in [4.78, 5) is 2.32. The van der Waals surface area contributed by atoms with Crippen LogP contribution in [-0.4, -0.2) is 27.2 Å². The van der Waals surface area contributed by atoms with Gasteiger partial charge in [-0.25, -0.2) is 0 Å². The van der Waals surface area contributed by atoms with Crippen LogP contribution in [0, 0.1) is 0 Å². The van der Waals surface area contributed by atoms with E-state index in [1.54, 1.807) is 0 Å². The number of hydrogen-bond donors (Lipinski definition) is 1. The fraction of sp³-hybridized carbons (Fsp3) is 0.375. The van der Waals surface area contributed by atoms with E-state index < -0.39 is 0 Å². The largest absolute Gasteiger partial charge is 0.411 e. The normalized spacial score (nSPS) is 16.3. The van der Waals surface area contributed by atoms with Crippen LogP contribution >= 0.6 is 0 Å². The molecule has 5 nitrogen and oxygen atoms in total. The molecule has 0 spiro atoms. The van der Waals surface area contributed by atoms with E-state index in [1.807, 2.05) is 29.9 Å². The number of aryl methyl sites for hydroxylation is 2. The quantitative estimate of drug-likeness (QED) is 0.696. The maximum absolute atomic E-state index is 9.15. The van der Waals surface area contributed by atoms with Crippen molar-refractivity contribution in [2.45, 2.75) is 26.3 Å². The molecule has 0 amide bonds. The Bertz CT molecular complexity index is 675. The first kappa shape index (κ1) is 13.7. The highest BCUT2D eigenvalue weighted by Gasteiger charge is 2.22. The van der Waals surface area contributed by atoms with Gasteiger partial charge in [-0.2, -0.15) is 5.10 Å². The van der Waals surface area contributed by atoms with Gasteiger partial charge in [-0.05, 0) is 18.6 Å². The van der Waals surface area contributed by atoms with Crippen molar-refractivity contribution >= 4 is 11.4 Å². The van der Waals surface area contributed by atoms with Gasteiger partial charge in [0.25, 0.3) is 0 Å². The van der Waals surface area contributed by atoms with Crippen molar-refractivity contribution < 1.29 is 5.21 Å². The van der Waals surface area contributed by atoms with Crippen molar-refractivity contribution in [1.82, 2.24) is 9.78 Å². The van der Waals surface area contributed by atoms with E-state index in [9.17, 15) is 0 Å². The number of anilines is 1. The zero-order valence-corrected chi connectivity index (χ0v) is 12.5. The van der Waals surface area contributed by atoms with E-state index in [2.05, 4.69) is 34.2 Å². The van der Waals surface area contributed by atoms with Crippen molar-refractivity contribution in [2.24, 2.45) is 12.2 Å². The van der Waals surface area contributed by atoms with Crippen molar-refractivity contribution in [2.75, 3.05) is 11.4 Å². The van der Waals surface area contributed by atoms with Gasteiger partial charge in [0.05, 0.1) is 23.6 Å². The van der Waals surface area contributed by atoms with Gasteiger partial charge in [-0.15, -0.1) is 0 Å². The summed E-state index contributed by atoms with van der Waals surface area (Å²) < 4.78 is 1.96. The Kier molecular flexibility index (Phi) is 3.64. The van der Waals surface area contributed by atoms with Gasteiger partial charge in [0.1, 0.15) is 0 Å². The first-order valence-corrected chi connectivity index (χ1v) is 7.30. The number of fused-ring (bicyclic) bond motifs is 1. The summed E-state index contributed by atoms with van der Waals surface area (Å²) in [5.41, 5.74) is 5.22. The molecule has 1 aliphatic rings. The molecule has 0 radical (unpaired) electrons. The summed E-state index contributed by atoms with van der Waals surface area (Å²) in [6.07, 6.45) is 1.71. The Morgan fingerprint density at radius 2 is 2.14 bits per heavy atom. The van der Waals surface area contributed by atoms with Gasteiger partial charge in [0.15, 0.2) is 0 Å². The zero-order chi connectivity index (χ0) is 14.8. The molecule has 0 unspecified atom stereocenters. The maximum atomic E-state index is 9.15. The van der Waals surface area contributed by atoms with Crippen LogP contribution in [0.3, 0.4) is 0 Å². The maximum Gasteiger partial charge on any atom is 0.0906 e. The minimum absolute atomic E-state index is 0.756. The van der Waals surface area contributed by atoms with Crippen molar-refractivity contribution in [3.8, 4) is 0 Å². The smallest absolute Gasteiger partial charge is 0.0906 e. The van der Waals surface area contributed by atoms with E-state index in [4.69, 9.17) is 5.21 Å². The molecule has 5 heteroatoms. The summed E-state index contributed by atoms with van der Waals surface area (Å²) in [6.45, 7) is 3.79. The summed E-state index contributed by atoms with van der Waals surface area (Å²) in [7, 11) is 1.99. The van der Waals surface area contributed by atoms with E-state index >= 15 is 0 Å². The first-order chi connectivity index (χ1) is 10.2. The summed E-state index contributed by atoms with van der Waals surface area (Å²) in [5.74, 6) is 0. The molecule has 1 aromatic heterocycles. The van der Waals surface area contributed by atoms with E-state index in [0.29, 0.717) is 0 Å². The van der Waals surface area contributed by atoms with Gasteiger partial charge >= 0.3 is 0 Å². The Hall–Kier alpha value is -2.30. The predicted octanol–water partition coefficient (Wildman–Crippen LogP) is 2.57. The number of rotatable bonds is 3. The molecule has 2 aromatic rings. The molecule has 2 heterocycles. The SMILES string of the molecule is CCc1cc(CN2CCC(=NO)c3ccccc32)n(C)n1.